The van der Waals surface area contributed by atoms with Gasteiger partial charge in [0.25, 0.3) is 5.91 Å². The molecule has 0 aliphatic carbocycles. The molecule has 0 radical (unpaired) electrons. The van der Waals surface area contributed by atoms with Gasteiger partial charge in [0.15, 0.2) is 11.6 Å². The van der Waals surface area contributed by atoms with Gasteiger partial charge in [-0.1, -0.05) is 0 Å². The van der Waals surface area contributed by atoms with E-state index >= 15 is 0 Å². The van der Waals surface area contributed by atoms with Crippen molar-refractivity contribution in [2.75, 3.05) is 11.1 Å². The first-order valence-electron chi connectivity index (χ1n) is 5.58. The number of benzene rings is 1. The van der Waals surface area contributed by atoms with Crippen molar-refractivity contribution >= 4 is 17.4 Å². The Labute approximate surface area is 116 Å². The van der Waals surface area contributed by atoms with Gasteiger partial charge < -0.3 is 15.8 Å². The molecule has 1 aromatic heterocycles. The zero-order chi connectivity index (χ0) is 15.5. The van der Waals surface area contributed by atoms with Gasteiger partial charge in [0.05, 0.1) is 11.9 Å². The van der Waals surface area contributed by atoms with Crippen LogP contribution in [-0.4, -0.2) is 22.2 Å². The number of amides is 1. The minimum Gasteiger partial charge on any atom is -0.404 e. The Hall–Kier alpha value is -2.84. The number of nitrogens with one attached hydrogen (secondary N) is 1. The Morgan fingerprint density at radius 3 is 2.62 bits per heavy atom. The number of alkyl halides is 3. The third-order valence-electron chi connectivity index (χ3n) is 2.30. The van der Waals surface area contributed by atoms with Gasteiger partial charge in [0.2, 0.25) is 0 Å². The van der Waals surface area contributed by atoms with Crippen molar-refractivity contribution in [1.82, 2.24) is 9.97 Å². The Bertz CT molecular complexity index is 647. The van der Waals surface area contributed by atoms with Gasteiger partial charge in [-0.3, -0.25) is 9.78 Å². The molecule has 1 heterocycles. The highest BCUT2D eigenvalue weighted by Crippen LogP contribution is 2.29. The zero-order valence-electron chi connectivity index (χ0n) is 10.4. The lowest BCUT2D eigenvalue weighted by molar-refractivity contribution is -0.274. The summed E-state index contributed by atoms with van der Waals surface area (Å²) in [7, 11) is 0. The van der Waals surface area contributed by atoms with Crippen LogP contribution in [0.2, 0.25) is 0 Å². The molecule has 0 atom stereocenters. The lowest BCUT2D eigenvalue weighted by Crippen LogP contribution is -2.18. The molecule has 3 N–H and O–H groups in total. The summed E-state index contributed by atoms with van der Waals surface area (Å²) in [6, 6.07) is 3.20. The van der Waals surface area contributed by atoms with Gasteiger partial charge in [-0.05, 0) is 18.2 Å². The number of carbonyl (C=O) groups is 1. The van der Waals surface area contributed by atoms with Gasteiger partial charge in [-0.25, -0.2) is 4.98 Å². The van der Waals surface area contributed by atoms with E-state index < -0.39 is 18.0 Å². The first-order valence-corrected chi connectivity index (χ1v) is 5.58. The number of rotatable bonds is 3. The van der Waals surface area contributed by atoms with Crippen molar-refractivity contribution in [2.24, 2.45) is 0 Å². The molecule has 0 saturated carbocycles. The normalized spacial score (nSPS) is 11.0. The van der Waals surface area contributed by atoms with Crippen LogP contribution in [0.4, 0.5) is 24.7 Å². The minimum atomic E-state index is -4.85. The van der Waals surface area contributed by atoms with E-state index in [0.717, 1.165) is 18.2 Å². The third kappa shape index (κ3) is 4.06. The smallest absolute Gasteiger partial charge is 0.404 e. The van der Waals surface area contributed by atoms with E-state index in [1.54, 1.807) is 0 Å². The van der Waals surface area contributed by atoms with E-state index in [4.69, 9.17) is 5.73 Å². The van der Waals surface area contributed by atoms with Gasteiger partial charge >= 0.3 is 6.36 Å². The average molecular weight is 298 g/mol. The Kier molecular flexibility index (Phi) is 3.92. The number of carbonyl (C=O) groups excluding carboxylic acids is 1. The monoisotopic (exact) mass is 298 g/mol. The van der Waals surface area contributed by atoms with E-state index in [-0.39, 0.29) is 17.1 Å². The molecule has 9 heteroatoms. The Morgan fingerprint density at radius 2 is 2.05 bits per heavy atom. The molecule has 1 amide bonds. The second-order valence-corrected chi connectivity index (χ2v) is 3.85. The Balaban J connectivity index is 2.14. The maximum absolute atomic E-state index is 12.1. The summed E-state index contributed by atoms with van der Waals surface area (Å²) in [4.78, 5) is 19.5. The maximum Gasteiger partial charge on any atom is 0.573 e. The number of nitrogens with two attached hydrogens (primary N) is 1. The predicted octanol–water partition coefficient (Wildman–Crippen LogP) is 2.21. The van der Waals surface area contributed by atoms with E-state index in [1.165, 1.54) is 18.6 Å². The van der Waals surface area contributed by atoms with Crippen LogP contribution in [0.3, 0.4) is 0 Å². The van der Waals surface area contributed by atoms with Gasteiger partial charge in [0.1, 0.15) is 0 Å². The lowest BCUT2D eigenvalue weighted by Gasteiger charge is -2.12. The SMILES string of the molecule is Nc1cc(C(=O)Nc2cnccn2)ccc1OC(F)(F)F. The number of aromatic nitrogens is 2. The van der Waals surface area contributed by atoms with Crippen molar-refractivity contribution in [2.45, 2.75) is 6.36 Å². The molecule has 1 aromatic carbocycles. The van der Waals surface area contributed by atoms with E-state index in [2.05, 4.69) is 20.0 Å². The maximum atomic E-state index is 12.1. The molecule has 110 valence electrons. The largest absolute Gasteiger partial charge is 0.573 e. The molecule has 0 spiro atoms. The fourth-order valence-electron chi connectivity index (χ4n) is 1.46. The van der Waals surface area contributed by atoms with E-state index in [9.17, 15) is 18.0 Å². The number of anilines is 2. The van der Waals surface area contributed by atoms with E-state index in [0.29, 0.717) is 0 Å². The molecule has 0 aliphatic rings. The minimum absolute atomic E-state index is 0.0627. The molecular formula is C12H9F3N4O2. The highest BCUT2D eigenvalue weighted by Gasteiger charge is 2.32. The molecule has 6 nitrogen and oxygen atoms in total. The molecule has 0 fully saturated rings. The summed E-state index contributed by atoms with van der Waals surface area (Å²) >= 11 is 0. The van der Waals surface area contributed by atoms with Crippen LogP contribution < -0.4 is 15.8 Å². The van der Waals surface area contributed by atoms with E-state index in [1.807, 2.05) is 0 Å². The van der Waals surface area contributed by atoms with Gasteiger partial charge in [-0.2, -0.15) is 0 Å². The van der Waals surface area contributed by atoms with Crippen LogP contribution in [0.1, 0.15) is 10.4 Å². The first-order chi connectivity index (χ1) is 9.85. The first kappa shape index (κ1) is 14.6. The molecule has 0 unspecified atom stereocenters. The summed E-state index contributed by atoms with van der Waals surface area (Å²) in [5.74, 6) is -0.948. The number of halogens is 3. The molecule has 0 aliphatic heterocycles. The Morgan fingerprint density at radius 1 is 1.29 bits per heavy atom. The number of ether oxygens (including phenoxy) is 1. The van der Waals surface area contributed by atoms with Crippen molar-refractivity contribution in [1.29, 1.82) is 0 Å². The quantitative estimate of drug-likeness (QED) is 0.848. The van der Waals surface area contributed by atoms with Crippen molar-refractivity contribution in [3.63, 3.8) is 0 Å². The summed E-state index contributed by atoms with van der Waals surface area (Å²) in [6.45, 7) is 0. The number of hydrogen-bond donors (Lipinski definition) is 2. The average Bonchev–Trinajstić information content (AvgIpc) is 2.40. The highest BCUT2D eigenvalue weighted by atomic mass is 19.4. The zero-order valence-corrected chi connectivity index (χ0v) is 10.4. The van der Waals surface area contributed by atoms with Gasteiger partial charge in [0, 0.05) is 18.0 Å². The predicted molar refractivity (Wildman–Crippen MR) is 67.5 cm³/mol. The summed E-state index contributed by atoms with van der Waals surface area (Å²) in [5.41, 5.74) is 5.18. The molecule has 0 saturated heterocycles. The van der Waals surface area contributed by atoms with Gasteiger partial charge in [-0.15, -0.1) is 13.2 Å². The fourth-order valence-corrected chi connectivity index (χ4v) is 1.46. The van der Waals surface area contributed by atoms with Crippen LogP contribution in [0.5, 0.6) is 5.75 Å². The molecule has 2 aromatic rings. The molecule has 2 rings (SSSR count). The fraction of sp³-hybridized carbons (Fsp3) is 0.0833. The van der Waals surface area contributed by atoms with Crippen LogP contribution in [0, 0.1) is 0 Å². The summed E-state index contributed by atoms with van der Waals surface area (Å²) in [6.07, 6.45) is -0.721. The number of hydrogen-bond acceptors (Lipinski definition) is 5. The van der Waals surface area contributed by atoms with Crippen molar-refractivity contribution < 1.29 is 22.7 Å². The standard InChI is InChI=1S/C12H9F3N4O2/c13-12(14,15)21-9-2-1-7(5-8(9)16)11(20)19-10-6-17-3-4-18-10/h1-6H,16H2,(H,18,19,20). The highest BCUT2D eigenvalue weighted by molar-refractivity contribution is 6.04. The topological polar surface area (TPSA) is 90.1 Å². The second kappa shape index (κ2) is 5.65. The van der Waals surface area contributed by atoms with Crippen LogP contribution in [0.25, 0.3) is 0 Å². The van der Waals surface area contributed by atoms with Crippen LogP contribution in [-0.2, 0) is 0 Å². The number of nitrogen functional groups attached to an aromatic ring is 1. The molecule has 0 bridgehead atoms. The summed E-state index contributed by atoms with van der Waals surface area (Å²) in [5, 5.41) is 2.42. The van der Waals surface area contributed by atoms with Crippen molar-refractivity contribution in [3.05, 3.63) is 42.4 Å². The molecular weight excluding hydrogens is 289 g/mol. The summed E-state index contributed by atoms with van der Waals surface area (Å²) < 4.78 is 40.0. The number of nitrogens with zero attached hydrogens (tertiary/aromatic N) is 2. The van der Waals surface area contributed by atoms with Crippen LogP contribution in [0.15, 0.2) is 36.8 Å². The lowest BCUT2D eigenvalue weighted by atomic mass is 10.2. The van der Waals surface area contributed by atoms with Crippen molar-refractivity contribution in [3.8, 4) is 5.75 Å². The second-order valence-electron chi connectivity index (χ2n) is 3.85. The van der Waals surface area contributed by atoms with Crippen LogP contribution >= 0.6 is 0 Å². The molecule has 21 heavy (non-hydrogen) atoms. The third-order valence-corrected chi connectivity index (χ3v) is 2.30.